The van der Waals surface area contributed by atoms with E-state index in [0.717, 1.165) is 17.5 Å². The number of amidine groups is 1. The third-order valence-corrected chi connectivity index (χ3v) is 8.80. The maximum Gasteiger partial charge on any atom is 0.405 e. The highest BCUT2D eigenvalue weighted by atomic mass is 31.2. The Morgan fingerprint density at radius 2 is 1.49 bits per heavy atom. The Bertz CT molecular complexity index is 1330. The van der Waals surface area contributed by atoms with Crippen molar-refractivity contribution in [3.8, 4) is 0 Å². The number of rotatable bonds is 13. The van der Waals surface area contributed by atoms with Gasteiger partial charge in [0.25, 0.3) is 0 Å². The lowest BCUT2D eigenvalue weighted by atomic mass is 9.84. The highest BCUT2D eigenvalue weighted by Crippen LogP contribution is 2.44. The molecule has 0 spiro atoms. The summed E-state index contributed by atoms with van der Waals surface area (Å²) >= 11 is 0. The molecule has 0 bridgehead atoms. The molecule has 4 rings (SSSR count). The fraction of sp³-hybridized carbons (Fsp3) is 0.300. The maximum absolute atomic E-state index is 14.3. The van der Waals surface area contributed by atoms with Gasteiger partial charge < -0.3 is 25.4 Å². The molecule has 1 amide bonds. The molecule has 6 N–H and O–H groups in total. The third-order valence-electron chi connectivity index (χ3n) is 7.24. The first-order valence-electron chi connectivity index (χ1n) is 13.4. The Labute approximate surface area is 240 Å². The standard InChI is InChI=1S/C30H36N5O5P/c1-39-41(38,40-2)35-27(25(20-10-5-3-6-11-20)21-12-7-4-8-13-21)30(37)34-26(28(36)24-14-9-19-33-24)22-15-17-23(18-16-22)29(31)32/h3-8,10-13,15-18,24-27,33H,9,14,19H2,1-2H3,(H3,31,32)(H,34,37)(H,35,38)/t24-,26?,27+/m0/s1. The number of nitrogen functional groups attached to an aromatic ring is 1. The summed E-state index contributed by atoms with van der Waals surface area (Å²) in [6.07, 6.45) is 1.50. The van der Waals surface area contributed by atoms with E-state index >= 15 is 0 Å². The first-order chi connectivity index (χ1) is 19.8. The Hall–Kier alpha value is -3.66. The van der Waals surface area contributed by atoms with Gasteiger partial charge in [0, 0.05) is 25.7 Å². The lowest BCUT2D eigenvalue weighted by Crippen LogP contribution is -2.51. The van der Waals surface area contributed by atoms with Crippen molar-refractivity contribution in [2.75, 3.05) is 20.8 Å². The van der Waals surface area contributed by atoms with Crippen LogP contribution in [0.4, 0.5) is 0 Å². The molecule has 1 aliphatic heterocycles. The lowest BCUT2D eigenvalue weighted by molar-refractivity contribution is -0.130. The molecule has 1 aliphatic rings. The molecule has 3 aromatic rings. The Morgan fingerprint density at radius 1 is 0.927 bits per heavy atom. The second-order valence-corrected chi connectivity index (χ2v) is 11.8. The molecule has 0 aliphatic carbocycles. The number of benzene rings is 3. The van der Waals surface area contributed by atoms with Gasteiger partial charge in [-0.1, -0.05) is 84.9 Å². The van der Waals surface area contributed by atoms with Crippen LogP contribution in [0.3, 0.4) is 0 Å². The predicted molar refractivity (Wildman–Crippen MR) is 158 cm³/mol. The zero-order valence-corrected chi connectivity index (χ0v) is 24.0. The van der Waals surface area contributed by atoms with Crippen molar-refractivity contribution in [3.05, 3.63) is 107 Å². The first kappa shape index (κ1) is 30.3. The summed E-state index contributed by atoms with van der Waals surface area (Å²) in [5.41, 5.74) is 8.24. The van der Waals surface area contributed by atoms with Crippen LogP contribution in [-0.2, 0) is 23.2 Å². The van der Waals surface area contributed by atoms with E-state index in [0.29, 0.717) is 24.1 Å². The Morgan fingerprint density at radius 3 is 1.95 bits per heavy atom. The fourth-order valence-corrected chi connectivity index (χ4v) is 6.03. The van der Waals surface area contributed by atoms with Crippen molar-refractivity contribution in [2.24, 2.45) is 5.73 Å². The van der Waals surface area contributed by atoms with Gasteiger partial charge in [0.15, 0.2) is 5.78 Å². The highest BCUT2D eigenvalue weighted by Gasteiger charge is 2.40. The zero-order chi connectivity index (χ0) is 29.4. The number of ketones is 1. The van der Waals surface area contributed by atoms with Crippen molar-refractivity contribution < 1.29 is 23.2 Å². The summed E-state index contributed by atoms with van der Waals surface area (Å²) in [6, 6.07) is 22.8. The molecule has 3 aromatic carbocycles. The Balaban J connectivity index is 1.78. The summed E-state index contributed by atoms with van der Waals surface area (Å²) in [5.74, 6) is -1.48. The zero-order valence-electron chi connectivity index (χ0n) is 23.1. The van der Waals surface area contributed by atoms with Crippen molar-refractivity contribution in [1.29, 1.82) is 5.41 Å². The molecule has 1 saturated heterocycles. The lowest BCUT2D eigenvalue weighted by Gasteiger charge is -2.32. The molecular weight excluding hydrogens is 541 g/mol. The van der Waals surface area contributed by atoms with Gasteiger partial charge in [-0.25, -0.2) is 9.65 Å². The minimum Gasteiger partial charge on any atom is -0.384 e. The van der Waals surface area contributed by atoms with E-state index in [4.69, 9.17) is 20.2 Å². The smallest absolute Gasteiger partial charge is 0.384 e. The van der Waals surface area contributed by atoms with Crippen molar-refractivity contribution in [3.63, 3.8) is 0 Å². The number of carbonyl (C=O) groups is 2. The Kier molecular flexibility index (Phi) is 10.2. The van der Waals surface area contributed by atoms with Crippen molar-refractivity contribution in [2.45, 2.75) is 36.9 Å². The predicted octanol–water partition coefficient (Wildman–Crippen LogP) is 3.64. The summed E-state index contributed by atoms with van der Waals surface area (Å²) in [6.45, 7) is 0.708. The van der Waals surface area contributed by atoms with Crippen LogP contribution in [0.1, 0.15) is 47.1 Å². The van der Waals surface area contributed by atoms with Crippen LogP contribution in [0.15, 0.2) is 84.9 Å². The average Bonchev–Trinajstić information content (AvgIpc) is 3.55. The first-order valence-corrected chi connectivity index (χ1v) is 14.9. The van der Waals surface area contributed by atoms with Crippen LogP contribution < -0.4 is 21.5 Å². The summed E-state index contributed by atoms with van der Waals surface area (Å²) in [7, 11) is -1.43. The molecular formula is C30H36N5O5P. The largest absolute Gasteiger partial charge is 0.405 e. The van der Waals surface area contributed by atoms with Crippen LogP contribution in [0, 0.1) is 5.41 Å². The molecule has 3 atom stereocenters. The van der Waals surface area contributed by atoms with Crippen molar-refractivity contribution >= 4 is 25.3 Å². The van der Waals surface area contributed by atoms with E-state index in [1.54, 1.807) is 24.3 Å². The van der Waals surface area contributed by atoms with Gasteiger partial charge in [-0.2, -0.15) is 0 Å². The molecule has 1 fully saturated rings. The van der Waals surface area contributed by atoms with Gasteiger partial charge in [-0.3, -0.25) is 15.0 Å². The molecule has 11 heteroatoms. The normalized spacial score (nSPS) is 16.7. The molecule has 41 heavy (non-hydrogen) atoms. The van der Waals surface area contributed by atoms with E-state index in [-0.39, 0.29) is 11.6 Å². The number of nitrogens with two attached hydrogens (primary N) is 1. The van der Waals surface area contributed by atoms with Crippen molar-refractivity contribution in [1.82, 2.24) is 15.7 Å². The van der Waals surface area contributed by atoms with Gasteiger partial charge in [0.2, 0.25) is 5.91 Å². The van der Waals surface area contributed by atoms with E-state index < -0.39 is 37.7 Å². The van der Waals surface area contributed by atoms with Gasteiger partial charge in [-0.05, 0) is 36.1 Å². The molecule has 1 heterocycles. The summed E-state index contributed by atoms with van der Waals surface area (Å²) < 4.78 is 23.7. The maximum atomic E-state index is 14.3. The van der Waals surface area contributed by atoms with Crippen LogP contribution in [0.2, 0.25) is 0 Å². The highest BCUT2D eigenvalue weighted by molar-refractivity contribution is 7.51. The number of amides is 1. The topological polar surface area (TPSA) is 156 Å². The summed E-state index contributed by atoms with van der Waals surface area (Å²) in [5, 5.41) is 16.7. The number of nitrogens with one attached hydrogen (secondary N) is 4. The second kappa shape index (κ2) is 13.8. The average molecular weight is 578 g/mol. The summed E-state index contributed by atoms with van der Waals surface area (Å²) in [4.78, 5) is 28.0. The van der Waals surface area contributed by atoms with Gasteiger partial charge in [-0.15, -0.1) is 0 Å². The third kappa shape index (κ3) is 7.35. The molecule has 216 valence electrons. The van der Waals surface area contributed by atoms with Gasteiger partial charge in [0.05, 0.1) is 6.04 Å². The number of carbonyl (C=O) groups excluding carboxylic acids is 2. The van der Waals surface area contributed by atoms with Crippen LogP contribution >= 0.6 is 7.75 Å². The fourth-order valence-electron chi connectivity index (χ4n) is 5.07. The number of hydrogen-bond donors (Lipinski definition) is 5. The SMILES string of the molecule is COP(=O)(N[C@@H](C(=O)NC(C(=O)[C@@H]1CCCN1)c1ccc(C(=N)N)cc1)C(c1ccccc1)c1ccccc1)OC. The van der Waals surface area contributed by atoms with Gasteiger partial charge >= 0.3 is 7.75 Å². The monoisotopic (exact) mass is 577 g/mol. The van der Waals surface area contributed by atoms with E-state index in [1.165, 1.54) is 14.2 Å². The van der Waals surface area contributed by atoms with E-state index in [9.17, 15) is 14.2 Å². The molecule has 1 unspecified atom stereocenters. The molecule has 10 nitrogen and oxygen atoms in total. The van der Waals surface area contributed by atoms with Crippen LogP contribution in [-0.4, -0.2) is 50.4 Å². The minimum atomic E-state index is -3.91. The minimum absolute atomic E-state index is 0.103. The quantitative estimate of drug-likeness (QED) is 0.117. The number of Topliss-reactive ketones (excluding diaryl/α,β-unsaturated/α-hetero) is 1. The molecule has 0 saturated carbocycles. The van der Waals surface area contributed by atoms with Gasteiger partial charge in [0.1, 0.15) is 17.9 Å². The van der Waals surface area contributed by atoms with E-state index in [1.807, 2.05) is 60.7 Å². The van der Waals surface area contributed by atoms with E-state index in [2.05, 4.69) is 15.7 Å². The van der Waals surface area contributed by atoms with Crippen LogP contribution in [0.25, 0.3) is 0 Å². The number of hydrogen-bond acceptors (Lipinski definition) is 7. The second-order valence-electron chi connectivity index (χ2n) is 9.80. The molecule has 0 radical (unpaired) electrons. The van der Waals surface area contributed by atoms with Crippen LogP contribution in [0.5, 0.6) is 0 Å². The molecule has 0 aromatic heterocycles.